The van der Waals surface area contributed by atoms with Crippen molar-refractivity contribution >= 4 is 23.2 Å². The molecule has 0 saturated heterocycles. The molecule has 0 aromatic carbocycles. The molecule has 0 atom stereocenters. The van der Waals surface area contributed by atoms with Crippen LogP contribution in [0.1, 0.15) is 18.4 Å². The monoisotopic (exact) mass is 401 g/mol. The zero-order chi connectivity index (χ0) is 19.6. The minimum Gasteiger partial charge on any atom is -0.373 e. The van der Waals surface area contributed by atoms with Gasteiger partial charge in [-0.15, -0.1) is 0 Å². The van der Waals surface area contributed by atoms with Gasteiger partial charge in [-0.25, -0.2) is 4.98 Å². The van der Waals surface area contributed by atoms with Gasteiger partial charge in [-0.2, -0.15) is 23.0 Å². The highest BCUT2D eigenvalue weighted by molar-refractivity contribution is 6.33. The molecule has 2 aromatic rings. The Hall–Kier alpha value is -2.62. The van der Waals surface area contributed by atoms with Crippen LogP contribution in [-0.2, 0) is 11.0 Å². The van der Waals surface area contributed by atoms with E-state index in [9.17, 15) is 22.8 Å². The molecule has 2 N–H and O–H groups in total. The normalized spacial score (nSPS) is 14.1. The van der Waals surface area contributed by atoms with Gasteiger partial charge in [-0.3, -0.25) is 9.59 Å². The third kappa shape index (κ3) is 4.76. The van der Waals surface area contributed by atoms with Gasteiger partial charge in [0.2, 0.25) is 5.91 Å². The second-order valence-corrected chi connectivity index (χ2v) is 6.47. The molecule has 2 heterocycles. The Bertz CT molecular complexity index is 894. The van der Waals surface area contributed by atoms with Crippen LogP contribution in [0.25, 0.3) is 5.82 Å². The number of alkyl halides is 3. The van der Waals surface area contributed by atoms with Gasteiger partial charge < -0.3 is 10.6 Å². The summed E-state index contributed by atoms with van der Waals surface area (Å²) in [4.78, 5) is 27.6. The Morgan fingerprint density at radius 3 is 2.63 bits per heavy atom. The van der Waals surface area contributed by atoms with Crippen LogP contribution in [0.4, 0.5) is 18.9 Å². The minimum absolute atomic E-state index is 0.0872. The number of carbonyl (C=O) groups excluding carboxylic acids is 1. The molecular weight excluding hydrogens is 387 g/mol. The van der Waals surface area contributed by atoms with E-state index in [4.69, 9.17) is 11.6 Å². The van der Waals surface area contributed by atoms with Crippen LogP contribution in [0.3, 0.4) is 0 Å². The van der Waals surface area contributed by atoms with Crippen molar-refractivity contribution in [3.8, 4) is 5.82 Å². The van der Waals surface area contributed by atoms with Crippen molar-refractivity contribution in [3.63, 3.8) is 0 Å². The zero-order valence-corrected chi connectivity index (χ0v) is 14.6. The number of nitrogens with zero attached hydrogens (tertiary/aromatic N) is 3. The molecule has 11 heteroatoms. The molecule has 3 rings (SSSR count). The van der Waals surface area contributed by atoms with E-state index in [1.165, 1.54) is 6.20 Å². The third-order valence-corrected chi connectivity index (χ3v) is 4.30. The van der Waals surface area contributed by atoms with Gasteiger partial charge in [-0.1, -0.05) is 11.6 Å². The first kappa shape index (κ1) is 19.2. The molecule has 1 amide bonds. The second kappa shape index (κ2) is 7.55. The van der Waals surface area contributed by atoms with Crippen molar-refractivity contribution in [2.24, 2.45) is 5.92 Å². The van der Waals surface area contributed by atoms with Gasteiger partial charge in [0.15, 0.2) is 5.82 Å². The van der Waals surface area contributed by atoms with Crippen LogP contribution in [0, 0.1) is 5.92 Å². The van der Waals surface area contributed by atoms with E-state index < -0.39 is 17.3 Å². The van der Waals surface area contributed by atoms with Crippen molar-refractivity contribution in [1.29, 1.82) is 0 Å². The number of hydrogen-bond donors (Lipinski definition) is 2. The van der Waals surface area contributed by atoms with E-state index in [2.05, 4.69) is 20.7 Å². The number of hydrogen-bond acceptors (Lipinski definition) is 5. The lowest BCUT2D eigenvalue weighted by atomic mass is 10.3. The van der Waals surface area contributed by atoms with Gasteiger partial charge in [0.05, 0.1) is 24.0 Å². The number of halogens is 4. The van der Waals surface area contributed by atoms with Gasteiger partial charge in [0, 0.05) is 12.7 Å². The van der Waals surface area contributed by atoms with Gasteiger partial charge >= 0.3 is 6.18 Å². The molecule has 1 aliphatic carbocycles. The average molecular weight is 402 g/mol. The summed E-state index contributed by atoms with van der Waals surface area (Å²) in [5.74, 6) is 0.189. The van der Waals surface area contributed by atoms with Crippen molar-refractivity contribution in [2.45, 2.75) is 19.0 Å². The summed E-state index contributed by atoms with van der Waals surface area (Å²) < 4.78 is 38.5. The highest BCUT2D eigenvalue weighted by Crippen LogP contribution is 2.29. The Kier molecular flexibility index (Phi) is 5.36. The van der Waals surface area contributed by atoms with E-state index in [0.717, 1.165) is 29.7 Å². The average Bonchev–Trinajstić information content (AvgIpc) is 3.45. The Morgan fingerprint density at radius 1 is 1.30 bits per heavy atom. The molecule has 1 aliphatic rings. The summed E-state index contributed by atoms with van der Waals surface area (Å²) >= 11 is 6.00. The topological polar surface area (TPSA) is 88.9 Å². The Morgan fingerprint density at radius 2 is 2.04 bits per heavy atom. The summed E-state index contributed by atoms with van der Waals surface area (Å²) in [6, 6.07) is 1.81. The Labute approximate surface area is 156 Å². The quantitative estimate of drug-likeness (QED) is 0.775. The molecule has 27 heavy (non-hydrogen) atoms. The van der Waals surface area contributed by atoms with E-state index >= 15 is 0 Å². The van der Waals surface area contributed by atoms with Gasteiger partial charge in [0.1, 0.15) is 5.02 Å². The van der Waals surface area contributed by atoms with Crippen LogP contribution in [-0.4, -0.2) is 33.8 Å². The second-order valence-electron chi connectivity index (χ2n) is 6.09. The molecule has 2 aromatic heterocycles. The highest BCUT2D eigenvalue weighted by Gasteiger charge is 2.30. The van der Waals surface area contributed by atoms with E-state index in [-0.39, 0.29) is 29.0 Å². The zero-order valence-electron chi connectivity index (χ0n) is 13.9. The fourth-order valence-corrected chi connectivity index (χ4v) is 2.41. The third-order valence-electron chi connectivity index (χ3n) is 3.94. The predicted molar refractivity (Wildman–Crippen MR) is 91.9 cm³/mol. The SMILES string of the molecule is O=C(CNc1cnn(-c2ccc(C(F)(F)F)cn2)c(=O)c1Cl)NCC1CC1. The number of carbonyl (C=O) groups is 1. The fourth-order valence-electron chi connectivity index (χ4n) is 2.22. The van der Waals surface area contributed by atoms with Gasteiger partial charge in [0.25, 0.3) is 5.56 Å². The summed E-state index contributed by atoms with van der Waals surface area (Å²) in [5, 5.41) is 9.07. The maximum absolute atomic E-state index is 12.6. The number of aromatic nitrogens is 3. The molecule has 0 radical (unpaired) electrons. The van der Waals surface area contributed by atoms with Crippen molar-refractivity contribution in [1.82, 2.24) is 20.1 Å². The molecule has 1 fully saturated rings. The van der Waals surface area contributed by atoms with Crippen LogP contribution >= 0.6 is 11.6 Å². The van der Waals surface area contributed by atoms with E-state index in [0.29, 0.717) is 18.7 Å². The summed E-state index contributed by atoms with van der Waals surface area (Å²) in [6.45, 7) is 0.532. The summed E-state index contributed by atoms with van der Waals surface area (Å²) in [5.41, 5.74) is -1.57. The lowest BCUT2D eigenvalue weighted by Crippen LogP contribution is -2.32. The molecule has 0 bridgehead atoms. The number of pyridine rings is 1. The van der Waals surface area contributed by atoms with Crippen LogP contribution < -0.4 is 16.2 Å². The number of nitrogens with one attached hydrogen (secondary N) is 2. The van der Waals surface area contributed by atoms with Gasteiger partial charge in [-0.05, 0) is 30.9 Å². The van der Waals surface area contributed by atoms with E-state index in [1.54, 1.807) is 0 Å². The number of amides is 1. The van der Waals surface area contributed by atoms with Crippen molar-refractivity contribution < 1.29 is 18.0 Å². The van der Waals surface area contributed by atoms with Crippen molar-refractivity contribution in [2.75, 3.05) is 18.4 Å². The largest absolute Gasteiger partial charge is 0.417 e. The Balaban J connectivity index is 1.70. The molecule has 0 unspecified atom stereocenters. The van der Waals surface area contributed by atoms with Crippen LogP contribution in [0.15, 0.2) is 29.3 Å². The fraction of sp³-hybridized carbons (Fsp3) is 0.375. The molecule has 144 valence electrons. The van der Waals surface area contributed by atoms with Crippen molar-refractivity contribution in [3.05, 3.63) is 45.5 Å². The first-order chi connectivity index (χ1) is 12.8. The standard InChI is InChI=1S/C16H15ClF3N5O2/c17-14-11(21-8-13(26)23-5-9-1-2-9)7-24-25(15(14)27)12-4-3-10(6-22-12)16(18,19)20/h3-4,6-7,9,21H,1-2,5,8H2,(H,23,26). The number of anilines is 1. The molecular formula is C16H15ClF3N5O2. The smallest absolute Gasteiger partial charge is 0.373 e. The minimum atomic E-state index is -4.53. The summed E-state index contributed by atoms with van der Waals surface area (Å²) in [7, 11) is 0. The maximum atomic E-state index is 12.6. The molecule has 0 spiro atoms. The van der Waals surface area contributed by atoms with Crippen LogP contribution in [0.2, 0.25) is 5.02 Å². The molecule has 7 nitrogen and oxygen atoms in total. The predicted octanol–water partition coefficient (Wildman–Crippen LogP) is 2.24. The highest BCUT2D eigenvalue weighted by atomic mass is 35.5. The van der Waals surface area contributed by atoms with E-state index in [1.807, 2.05) is 0 Å². The summed E-state index contributed by atoms with van der Waals surface area (Å²) in [6.07, 6.45) is -0.500. The molecule has 1 saturated carbocycles. The lowest BCUT2D eigenvalue weighted by molar-refractivity contribution is -0.137. The first-order valence-corrected chi connectivity index (χ1v) is 8.45. The molecule has 0 aliphatic heterocycles. The van der Waals surface area contributed by atoms with Crippen LogP contribution in [0.5, 0.6) is 0 Å². The number of rotatable bonds is 6. The maximum Gasteiger partial charge on any atom is 0.417 e. The lowest BCUT2D eigenvalue weighted by Gasteiger charge is -2.11. The first-order valence-electron chi connectivity index (χ1n) is 8.07.